The normalized spacial score (nSPS) is 33.3. The van der Waals surface area contributed by atoms with Crippen LogP contribution in [0.2, 0.25) is 0 Å². The molecule has 4 bridgehead atoms. The smallest absolute Gasteiger partial charge is 0.543 e. The number of carbonyl (C=O) groups is 4. The maximum atomic E-state index is 14.9. The van der Waals surface area contributed by atoms with Gasteiger partial charge in [0.15, 0.2) is 0 Å². The zero-order valence-corrected chi connectivity index (χ0v) is 42.9. The Labute approximate surface area is 426 Å². The van der Waals surface area contributed by atoms with Crippen LogP contribution in [0.5, 0.6) is 11.6 Å². The van der Waals surface area contributed by atoms with Crippen LogP contribution in [0.25, 0.3) is 15.6 Å². The number of alkyl carbamates (subject to hydrolysis) is 1. The number of pyridine rings is 1. The van der Waals surface area contributed by atoms with Gasteiger partial charge in [-0.05, 0) is 108 Å². The molecule has 2 N–H and O–H groups in total. The van der Waals surface area contributed by atoms with Gasteiger partial charge in [-0.25, -0.2) is 18.2 Å². The van der Waals surface area contributed by atoms with E-state index < -0.39 is 73.6 Å². The summed E-state index contributed by atoms with van der Waals surface area (Å²) in [6, 6.07) is 6.66. The average molecular weight is 941 g/mol. The number of amides is 4. The van der Waals surface area contributed by atoms with E-state index >= 15 is 0 Å². The summed E-state index contributed by atoms with van der Waals surface area (Å²) in [5.74, 6) is -1.27. The first-order valence-electron chi connectivity index (χ1n) is 23.7. The summed E-state index contributed by atoms with van der Waals surface area (Å²) in [5, 5.41) is 6.62. The van der Waals surface area contributed by atoms with Crippen molar-refractivity contribution < 1.29 is 93.2 Å². The largest absolute Gasteiger partial charge is 1.00 e. The standard InChI is InChI=1S/C48H66N6O9S.K/c1-7-29-26-48(29,44(57)52-64(59,60)47(6)20-21-47)51-41(55)37-25-33-27-54(37)43(56)40(46(3,4)5)50-45(58)63-38-22-28(38)14-10-9-11-16-35-39(34-15-12-13-17-36(34)49-42(35)62-33)61-32-23-30-18-19-31(24-32)53(30)8-2;/h7,12-13,15,17,28-33,37-38,40H,1,8-11,14,16,18-27H2,2-6H3,(H3,50,51,52,55,57,58);/q;+1/p-1/t28-,29-,30?,31?,32?,33-,37+,38-,40-,48-;/m1./s1. The van der Waals surface area contributed by atoms with Gasteiger partial charge in [0.25, 0.3) is 0 Å². The number of rotatable bonds is 9. The van der Waals surface area contributed by atoms with Gasteiger partial charge >= 0.3 is 57.5 Å². The molecule has 348 valence electrons. The summed E-state index contributed by atoms with van der Waals surface area (Å²) in [5.41, 5.74) is -0.854. The molecule has 4 amide bonds. The molecule has 2 aromatic rings. The van der Waals surface area contributed by atoms with Gasteiger partial charge in [-0.1, -0.05) is 58.7 Å². The Morgan fingerprint density at radius 3 is 2.43 bits per heavy atom. The molecular formula is C48H65KN6O9S. The second-order valence-corrected chi connectivity index (χ2v) is 23.1. The first kappa shape index (κ1) is 48.6. The molecule has 9 rings (SSSR count). The number of carbonyl (C=O) groups excluding carboxylic acids is 4. The second kappa shape index (κ2) is 18.6. The minimum atomic E-state index is -4.14. The van der Waals surface area contributed by atoms with Crippen LogP contribution >= 0.6 is 0 Å². The number of nitrogens with one attached hydrogen (secondary N) is 2. The average Bonchev–Trinajstić information content (AvgIpc) is 4.20. The summed E-state index contributed by atoms with van der Waals surface area (Å²) >= 11 is 0. The van der Waals surface area contributed by atoms with Crippen molar-refractivity contribution in [3.05, 3.63) is 47.2 Å². The van der Waals surface area contributed by atoms with Crippen molar-refractivity contribution >= 4 is 44.7 Å². The van der Waals surface area contributed by atoms with E-state index in [4.69, 9.17) is 19.2 Å². The van der Waals surface area contributed by atoms with Crippen molar-refractivity contribution in [3.8, 4) is 11.6 Å². The van der Waals surface area contributed by atoms with Gasteiger partial charge in [0.1, 0.15) is 46.2 Å². The summed E-state index contributed by atoms with van der Waals surface area (Å²) in [7, 11) is -4.14. The molecule has 3 saturated heterocycles. The molecule has 3 aliphatic carbocycles. The Hall–Kier alpha value is -2.80. The Morgan fingerprint density at radius 2 is 1.77 bits per heavy atom. The fourth-order valence-electron chi connectivity index (χ4n) is 10.9. The van der Waals surface area contributed by atoms with Crippen LogP contribution in [0.3, 0.4) is 0 Å². The number of hydrogen-bond donors (Lipinski definition) is 2. The molecular weight excluding hydrogens is 876 g/mol. The zero-order valence-electron chi connectivity index (χ0n) is 39.0. The van der Waals surface area contributed by atoms with E-state index in [-0.39, 0.29) is 88.9 Å². The molecule has 3 saturated carbocycles. The molecule has 6 fully saturated rings. The van der Waals surface area contributed by atoms with Crippen LogP contribution in [-0.4, -0.2) is 113 Å². The van der Waals surface area contributed by atoms with Crippen molar-refractivity contribution in [2.24, 2.45) is 17.3 Å². The Kier molecular flexibility index (Phi) is 13.9. The second-order valence-electron chi connectivity index (χ2n) is 21.0. The van der Waals surface area contributed by atoms with Crippen molar-refractivity contribution in [1.82, 2.24) is 25.4 Å². The van der Waals surface area contributed by atoms with Crippen molar-refractivity contribution in [3.63, 3.8) is 0 Å². The molecule has 65 heavy (non-hydrogen) atoms. The predicted octanol–water partition coefficient (Wildman–Crippen LogP) is 3.47. The summed E-state index contributed by atoms with van der Waals surface area (Å²) in [6.07, 6.45) is 10.1. The molecule has 4 aliphatic heterocycles. The van der Waals surface area contributed by atoms with E-state index in [0.29, 0.717) is 42.7 Å². The zero-order chi connectivity index (χ0) is 45.3. The first-order chi connectivity index (χ1) is 30.4. The molecule has 0 radical (unpaired) electrons. The summed E-state index contributed by atoms with van der Waals surface area (Å²) in [6.45, 7) is 14.1. The van der Waals surface area contributed by atoms with Gasteiger partial charge < -0.3 is 39.3 Å². The fourth-order valence-corrected chi connectivity index (χ4v) is 12.1. The van der Waals surface area contributed by atoms with E-state index in [1.807, 2.05) is 39.0 Å². The van der Waals surface area contributed by atoms with E-state index in [9.17, 15) is 27.6 Å². The number of ether oxygens (including phenoxy) is 3. The van der Waals surface area contributed by atoms with Gasteiger partial charge in [0, 0.05) is 29.8 Å². The third kappa shape index (κ3) is 9.76. The van der Waals surface area contributed by atoms with Crippen molar-refractivity contribution in [1.29, 1.82) is 0 Å². The molecule has 7 aliphatic rings. The van der Waals surface area contributed by atoms with Crippen LogP contribution in [0.4, 0.5) is 4.79 Å². The maximum Gasteiger partial charge on any atom is 1.00 e. The van der Waals surface area contributed by atoms with Gasteiger partial charge in [0.2, 0.25) is 17.7 Å². The molecule has 2 unspecified atom stereocenters. The first-order valence-corrected chi connectivity index (χ1v) is 25.1. The summed E-state index contributed by atoms with van der Waals surface area (Å²) in [4.78, 5) is 66.0. The van der Waals surface area contributed by atoms with E-state index in [2.05, 4.69) is 39.8 Å². The number of fused-ring (bicyclic) bond motifs is 7. The number of piperidine rings is 1. The monoisotopic (exact) mass is 940 g/mol. The Bertz CT molecular complexity index is 2310. The van der Waals surface area contributed by atoms with E-state index in [1.54, 1.807) is 6.92 Å². The van der Waals surface area contributed by atoms with Crippen LogP contribution < -0.4 is 71.5 Å². The Morgan fingerprint density at radius 1 is 1.05 bits per heavy atom. The number of benzene rings is 1. The number of nitrogens with zero attached hydrogens (tertiary/aromatic N) is 4. The fraction of sp³-hybridized carbons (Fsp3) is 0.688. The molecule has 15 nitrogen and oxygen atoms in total. The van der Waals surface area contributed by atoms with Gasteiger partial charge in [-0.15, -0.1) is 6.58 Å². The molecule has 5 heterocycles. The number of aromatic nitrogens is 1. The number of hydrogen-bond acceptors (Lipinski definition) is 11. The molecule has 1 aromatic carbocycles. The van der Waals surface area contributed by atoms with Gasteiger partial charge in [0.05, 0.1) is 33.8 Å². The molecule has 1 aromatic heterocycles. The van der Waals surface area contributed by atoms with E-state index in [0.717, 1.165) is 68.2 Å². The molecule has 17 heteroatoms. The van der Waals surface area contributed by atoms with Gasteiger partial charge in [-0.3, -0.25) is 14.5 Å². The van der Waals surface area contributed by atoms with Crippen molar-refractivity contribution in [2.75, 3.05) is 13.1 Å². The molecule has 0 spiro atoms. The van der Waals surface area contributed by atoms with Crippen molar-refractivity contribution in [2.45, 2.75) is 177 Å². The van der Waals surface area contributed by atoms with Crippen LogP contribution in [0.1, 0.15) is 124 Å². The maximum absolute atomic E-state index is 14.9. The molecule has 9 atom stereocenters. The SMILES string of the molecule is C=C[C@@H]1C[C@]1(NC(=O)[C@@H]1C[C@@H]2CN1C(=O)[C@H](C(C)(C)C)NC(=O)O[C@@H]1C[C@H]1CCCCCc1c(nc3ccccc3c1OC1CC3CCC(C1)N3CC)O2)C(=O)[N-]S(=O)(=O)C1(C)CC1.[K+]. The number of para-hydroxylation sites is 1. The minimum Gasteiger partial charge on any atom is -0.543 e. The quantitative estimate of drug-likeness (QED) is 0.277. The van der Waals surface area contributed by atoms with Gasteiger partial charge in [-0.2, -0.15) is 0 Å². The topological polar surface area (TPSA) is 188 Å². The minimum absolute atomic E-state index is 0. The van der Waals surface area contributed by atoms with E-state index in [1.165, 1.54) is 23.8 Å². The van der Waals surface area contributed by atoms with Crippen LogP contribution in [0.15, 0.2) is 36.9 Å². The predicted molar refractivity (Wildman–Crippen MR) is 240 cm³/mol. The third-order valence-corrected chi connectivity index (χ3v) is 17.4. The third-order valence-electron chi connectivity index (χ3n) is 15.3. The van der Waals surface area contributed by atoms with Crippen LogP contribution in [0, 0.1) is 17.3 Å². The number of sulfonamides is 1. The summed E-state index contributed by atoms with van der Waals surface area (Å²) < 4.78 is 48.9. The van der Waals surface area contributed by atoms with Crippen LogP contribution in [-0.2, 0) is 35.6 Å². The Balaban J connectivity index is 0.00000576.